The van der Waals surface area contributed by atoms with Gasteiger partial charge in [0.2, 0.25) is 0 Å². The van der Waals surface area contributed by atoms with E-state index in [1.165, 1.54) is 0 Å². The minimum atomic E-state index is 0.886. The van der Waals surface area contributed by atoms with Crippen molar-refractivity contribution in [2.75, 3.05) is 12.4 Å². The molecule has 2 N–H and O–H groups in total. The van der Waals surface area contributed by atoms with Gasteiger partial charge < -0.3 is 10.3 Å². The van der Waals surface area contributed by atoms with Gasteiger partial charge in [-0.3, -0.25) is 4.98 Å². The third-order valence-corrected chi connectivity index (χ3v) is 3.29. The Morgan fingerprint density at radius 1 is 0.950 bits per heavy atom. The molecule has 0 aliphatic heterocycles. The maximum Gasteiger partial charge on any atom is 0.138 e. The number of imidazole rings is 1. The topological polar surface area (TPSA) is 53.6 Å². The lowest BCUT2D eigenvalue weighted by atomic mass is 10.2. The number of aryl methyl sites for hydroxylation is 1. The largest absolute Gasteiger partial charge is 0.388 e. The first kappa shape index (κ1) is 12.4. The number of aromatic amines is 1. The van der Waals surface area contributed by atoms with Crippen LogP contribution in [-0.4, -0.2) is 22.0 Å². The molecular weight excluding hydrogens is 248 g/mol. The van der Waals surface area contributed by atoms with Crippen molar-refractivity contribution < 1.29 is 0 Å². The Labute approximate surface area is 117 Å². The summed E-state index contributed by atoms with van der Waals surface area (Å²) in [5, 5.41) is 3.11. The number of rotatable bonds is 3. The van der Waals surface area contributed by atoms with Crippen molar-refractivity contribution in [1.82, 2.24) is 15.0 Å². The fraction of sp³-hybridized carbons (Fsp3) is 0.125. The van der Waals surface area contributed by atoms with Gasteiger partial charge in [0.15, 0.2) is 0 Å². The number of pyridine rings is 1. The lowest BCUT2D eigenvalue weighted by molar-refractivity contribution is 1.25. The van der Waals surface area contributed by atoms with E-state index >= 15 is 0 Å². The minimum absolute atomic E-state index is 0.886. The third kappa shape index (κ3) is 2.28. The van der Waals surface area contributed by atoms with Crippen LogP contribution >= 0.6 is 0 Å². The quantitative estimate of drug-likeness (QED) is 0.761. The number of hydrogen-bond donors (Lipinski definition) is 2. The molecule has 0 amide bonds. The number of nitrogens with one attached hydrogen (secondary N) is 2. The molecule has 100 valence electrons. The first-order chi connectivity index (χ1) is 9.78. The number of anilines is 1. The standard InChI is InChI=1S/C16H16N4/c1-11-15(12-7-9-18-10-8-12)20-16(19-11)13-3-5-14(17-2)6-4-13/h3-10,17H,1-2H3,(H,19,20). The molecule has 0 aliphatic carbocycles. The van der Waals surface area contributed by atoms with Crippen LogP contribution in [0.2, 0.25) is 0 Å². The van der Waals surface area contributed by atoms with Crippen molar-refractivity contribution in [3.8, 4) is 22.6 Å². The summed E-state index contributed by atoms with van der Waals surface area (Å²) in [5.41, 5.74) is 5.27. The van der Waals surface area contributed by atoms with Gasteiger partial charge in [0.1, 0.15) is 5.82 Å². The van der Waals surface area contributed by atoms with Gasteiger partial charge >= 0.3 is 0 Å². The van der Waals surface area contributed by atoms with E-state index < -0.39 is 0 Å². The highest BCUT2D eigenvalue weighted by Gasteiger charge is 2.10. The van der Waals surface area contributed by atoms with Crippen molar-refractivity contribution in [2.24, 2.45) is 0 Å². The molecule has 3 aromatic rings. The van der Waals surface area contributed by atoms with Crippen molar-refractivity contribution >= 4 is 5.69 Å². The number of hydrogen-bond acceptors (Lipinski definition) is 3. The number of aromatic nitrogens is 3. The van der Waals surface area contributed by atoms with Crippen LogP contribution in [0.5, 0.6) is 0 Å². The normalized spacial score (nSPS) is 10.5. The molecule has 0 saturated heterocycles. The second-order valence-corrected chi connectivity index (χ2v) is 4.62. The van der Waals surface area contributed by atoms with Crippen LogP contribution in [0.1, 0.15) is 5.69 Å². The summed E-state index contributed by atoms with van der Waals surface area (Å²) in [4.78, 5) is 12.1. The molecule has 0 spiro atoms. The Bertz CT molecular complexity index is 699. The van der Waals surface area contributed by atoms with Crippen LogP contribution in [0, 0.1) is 6.92 Å². The zero-order valence-corrected chi connectivity index (χ0v) is 11.5. The molecule has 20 heavy (non-hydrogen) atoms. The van der Waals surface area contributed by atoms with Gasteiger partial charge in [-0.1, -0.05) is 0 Å². The first-order valence-electron chi connectivity index (χ1n) is 6.53. The molecule has 2 heterocycles. The predicted octanol–water partition coefficient (Wildman–Crippen LogP) is 3.49. The molecule has 0 fully saturated rings. The predicted molar refractivity (Wildman–Crippen MR) is 81.5 cm³/mol. The van der Waals surface area contributed by atoms with Gasteiger partial charge in [0, 0.05) is 41.9 Å². The van der Waals surface area contributed by atoms with Crippen LogP contribution in [0.15, 0.2) is 48.8 Å². The van der Waals surface area contributed by atoms with Gasteiger partial charge in [0.25, 0.3) is 0 Å². The average Bonchev–Trinajstić information content (AvgIpc) is 2.90. The van der Waals surface area contributed by atoms with Gasteiger partial charge in [0.05, 0.1) is 5.69 Å². The molecule has 1 aromatic carbocycles. The van der Waals surface area contributed by atoms with E-state index in [1.54, 1.807) is 12.4 Å². The SMILES string of the molecule is CNc1ccc(-c2nc(-c3ccncc3)c(C)[nH]2)cc1. The maximum atomic E-state index is 4.70. The lowest BCUT2D eigenvalue weighted by Gasteiger charge is -2.00. The summed E-state index contributed by atoms with van der Waals surface area (Å²) < 4.78 is 0. The van der Waals surface area contributed by atoms with Gasteiger partial charge in [-0.05, 0) is 43.3 Å². The molecule has 3 rings (SSSR count). The highest BCUT2D eigenvalue weighted by molar-refractivity contribution is 5.67. The molecule has 0 saturated carbocycles. The average molecular weight is 264 g/mol. The summed E-state index contributed by atoms with van der Waals surface area (Å²) >= 11 is 0. The summed E-state index contributed by atoms with van der Waals surface area (Å²) in [6, 6.07) is 12.1. The van der Waals surface area contributed by atoms with E-state index in [9.17, 15) is 0 Å². The van der Waals surface area contributed by atoms with E-state index in [0.29, 0.717) is 0 Å². The third-order valence-electron chi connectivity index (χ3n) is 3.29. The zero-order chi connectivity index (χ0) is 13.9. The van der Waals surface area contributed by atoms with E-state index in [4.69, 9.17) is 4.98 Å². The molecular formula is C16H16N4. The van der Waals surface area contributed by atoms with Crippen molar-refractivity contribution in [2.45, 2.75) is 6.92 Å². The van der Waals surface area contributed by atoms with Crippen LogP contribution in [0.3, 0.4) is 0 Å². The Hall–Kier alpha value is -2.62. The van der Waals surface area contributed by atoms with Gasteiger partial charge in [-0.25, -0.2) is 4.98 Å². The van der Waals surface area contributed by atoms with Crippen LogP contribution in [0.4, 0.5) is 5.69 Å². The monoisotopic (exact) mass is 264 g/mol. The molecule has 0 unspecified atom stereocenters. The Kier molecular flexibility index (Phi) is 3.21. The summed E-state index contributed by atoms with van der Waals surface area (Å²) in [5.74, 6) is 0.886. The van der Waals surface area contributed by atoms with Crippen LogP contribution < -0.4 is 5.32 Å². The van der Waals surface area contributed by atoms with E-state index in [0.717, 1.165) is 34.0 Å². The van der Waals surface area contributed by atoms with Crippen LogP contribution in [-0.2, 0) is 0 Å². The number of nitrogens with zero attached hydrogens (tertiary/aromatic N) is 2. The Morgan fingerprint density at radius 2 is 1.65 bits per heavy atom. The van der Waals surface area contributed by atoms with Crippen molar-refractivity contribution in [3.63, 3.8) is 0 Å². The second-order valence-electron chi connectivity index (χ2n) is 4.62. The van der Waals surface area contributed by atoms with Gasteiger partial charge in [-0.2, -0.15) is 0 Å². The molecule has 0 radical (unpaired) electrons. The summed E-state index contributed by atoms with van der Waals surface area (Å²) in [6.07, 6.45) is 3.57. The molecule has 0 aliphatic rings. The first-order valence-corrected chi connectivity index (χ1v) is 6.53. The maximum absolute atomic E-state index is 4.70. The van der Waals surface area contributed by atoms with E-state index in [-0.39, 0.29) is 0 Å². The highest BCUT2D eigenvalue weighted by atomic mass is 14.9. The summed E-state index contributed by atoms with van der Waals surface area (Å²) in [7, 11) is 1.91. The number of benzene rings is 1. The van der Waals surface area contributed by atoms with E-state index in [2.05, 4.69) is 27.4 Å². The molecule has 0 bridgehead atoms. The zero-order valence-electron chi connectivity index (χ0n) is 11.5. The fourth-order valence-electron chi connectivity index (χ4n) is 2.18. The van der Waals surface area contributed by atoms with E-state index in [1.807, 2.05) is 38.2 Å². The van der Waals surface area contributed by atoms with Crippen molar-refractivity contribution in [3.05, 3.63) is 54.5 Å². The van der Waals surface area contributed by atoms with Gasteiger partial charge in [-0.15, -0.1) is 0 Å². The molecule has 0 atom stereocenters. The van der Waals surface area contributed by atoms with Crippen LogP contribution in [0.25, 0.3) is 22.6 Å². The van der Waals surface area contributed by atoms with Crippen molar-refractivity contribution in [1.29, 1.82) is 0 Å². The summed E-state index contributed by atoms with van der Waals surface area (Å²) in [6.45, 7) is 2.04. The Balaban J connectivity index is 2.00. The minimum Gasteiger partial charge on any atom is -0.388 e. The molecule has 2 aromatic heterocycles. The second kappa shape index (κ2) is 5.17. The molecule has 4 heteroatoms. The smallest absolute Gasteiger partial charge is 0.138 e. The lowest BCUT2D eigenvalue weighted by Crippen LogP contribution is -1.87. The Morgan fingerprint density at radius 3 is 2.30 bits per heavy atom. The highest BCUT2D eigenvalue weighted by Crippen LogP contribution is 2.25. The number of H-pyrrole nitrogens is 1. The molecule has 4 nitrogen and oxygen atoms in total. The fourth-order valence-corrected chi connectivity index (χ4v) is 2.18.